The van der Waals surface area contributed by atoms with Crippen molar-refractivity contribution in [2.75, 3.05) is 0 Å². The number of cyclic esters (lactones) is 1. The van der Waals surface area contributed by atoms with E-state index < -0.39 is 11.4 Å². The Morgan fingerprint density at radius 2 is 1.93 bits per heavy atom. The Hall–Kier alpha value is -1.12. The number of esters is 1. The maximum absolute atomic E-state index is 11.6. The summed E-state index contributed by atoms with van der Waals surface area (Å²) in [6.45, 7) is 5.30. The van der Waals surface area contributed by atoms with Crippen LogP contribution in [-0.4, -0.2) is 11.8 Å². The van der Waals surface area contributed by atoms with E-state index in [-0.39, 0.29) is 5.78 Å². The van der Waals surface area contributed by atoms with Crippen molar-refractivity contribution in [3.05, 3.63) is 11.8 Å². The molecule has 0 unspecified atom stereocenters. The first-order valence-corrected chi connectivity index (χ1v) is 5.45. The van der Waals surface area contributed by atoms with Crippen LogP contribution in [0.1, 0.15) is 46.5 Å². The third-order valence-electron chi connectivity index (χ3n) is 2.67. The lowest BCUT2D eigenvalue weighted by Crippen LogP contribution is -2.37. The Morgan fingerprint density at radius 3 is 2.47 bits per heavy atom. The molecule has 3 heteroatoms. The minimum atomic E-state index is -1.01. The van der Waals surface area contributed by atoms with Crippen LogP contribution in [0.5, 0.6) is 0 Å². The topological polar surface area (TPSA) is 43.4 Å². The van der Waals surface area contributed by atoms with E-state index in [1.807, 2.05) is 0 Å². The lowest BCUT2D eigenvalue weighted by molar-refractivity contribution is -0.155. The molecule has 1 aliphatic heterocycles. The Morgan fingerprint density at radius 1 is 1.27 bits per heavy atom. The Bertz CT molecular complexity index is 300. The van der Waals surface area contributed by atoms with Crippen LogP contribution < -0.4 is 0 Å². The highest BCUT2D eigenvalue weighted by Gasteiger charge is 2.40. The van der Waals surface area contributed by atoms with Gasteiger partial charge < -0.3 is 4.74 Å². The molecule has 0 atom stereocenters. The molecular formula is C12H18O3. The molecule has 0 bridgehead atoms. The Kier molecular flexibility index (Phi) is 3.66. The van der Waals surface area contributed by atoms with Crippen molar-refractivity contribution in [1.29, 1.82) is 0 Å². The number of carbonyl (C=O) groups excluding carboxylic acids is 2. The molecule has 84 valence electrons. The van der Waals surface area contributed by atoms with Crippen LogP contribution in [0, 0.1) is 5.41 Å². The third-order valence-corrected chi connectivity index (χ3v) is 2.67. The summed E-state index contributed by atoms with van der Waals surface area (Å²) < 4.78 is 5.12. The largest absolute Gasteiger partial charge is 0.430 e. The summed E-state index contributed by atoms with van der Waals surface area (Å²) >= 11 is 0. The summed E-state index contributed by atoms with van der Waals surface area (Å²) in [4.78, 5) is 23.1. The Balaban J connectivity index is 2.63. The zero-order valence-corrected chi connectivity index (χ0v) is 9.63. The molecular weight excluding hydrogens is 192 g/mol. The SMILES string of the molecule is CCCCCC1=CC(=O)C(C)(C)C(=O)O1. The van der Waals surface area contributed by atoms with E-state index in [1.54, 1.807) is 13.8 Å². The van der Waals surface area contributed by atoms with E-state index >= 15 is 0 Å². The molecule has 1 rings (SSSR count). The lowest BCUT2D eigenvalue weighted by atomic mass is 9.86. The van der Waals surface area contributed by atoms with E-state index in [9.17, 15) is 9.59 Å². The van der Waals surface area contributed by atoms with E-state index in [2.05, 4.69) is 6.92 Å². The van der Waals surface area contributed by atoms with E-state index in [1.165, 1.54) is 6.08 Å². The van der Waals surface area contributed by atoms with Gasteiger partial charge in [-0.2, -0.15) is 0 Å². The van der Waals surface area contributed by atoms with Gasteiger partial charge in [0, 0.05) is 12.5 Å². The molecule has 0 aromatic carbocycles. The van der Waals surface area contributed by atoms with Gasteiger partial charge in [-0.1, -0.05) is 19.8 Å². The first-order valence-electron chi connectivity index (χ1n) is 5.45. The number of ether oxygens (including phenoxy) is 1. The fourth-order valence-electron chi connectivity index (χ4n) is 1.38. The minimum absolute atomic E-state index is 0.148. The molecule has 15 heavy (non-hydrogen) atoms. The van der Waals surface area contributed by atoms with Crippen molar-refractivity contribution in [3.8, 4) is 0 Å². The van der Waals surface area contributed by atoms with Crippen LogP contribution in [-0.2, 0) is 14.3 Å². The number of hydrogen-bond acceptors (Lipinski definition) is 3. The fraction of sp³-hybridized carbons (Fsp3) is 0.667. The van der Waals surface area contributed by atoms with Crippen molar-refractivity contribution in [3.63, 3.8) is 0 Å². The zero-order valence-electron chi connectivity index (χ0n) is 9.63. The molecule has 0 amide bonds. The average Bonchev–Trinajstić information content (AvgIpc) is 2.15. The van der Waals surface area contributed by atoms with Gasteiger partial charge in [0.25, 0.3) is 0 Å². The zero-order chi connectivity index (χ0) is 11.5. The molecule has 1 heterocycles. The molecule has 3 nitrogen and oxygen atoms in total. The number of ketones is 1. The predicted octanol–water partition coefficient (Wildman–Crippen LogP) is 2.60. The van der Waals surface area contributed by atoms with Gasteiger partial charge in [0.1, 0.15) is 11.2 Å². The standard InChI is InChI=1S/C12H18O3/c1-4-5-6-7-9-8-10(13)12(2,3)11(14)15-9/h8H,4-7H2,1-3H3. The van der Waals surface area contributed by atoms with Gasteiger partial charge in [-0.25, -0.2) is 0 Å². The summed E-state index contributed by atoms with van der Waals surface area (Å²) in [5.41, 5.74) is -1.01. The molecule has 0 saturated heterocycles. The Labute approximate surface area is 90.5 Å². The van der Waals surface area contributed by atoms with Gasteiger partial charge in [0.15, 0.2) is 5.78 Å². The van der Waals surface area contributed by atoms with Crippen molar-refractivity contribution in [1.82, 2.24) is 0 Å². The second kappa shape index (κ2) is 4.60. The fourth-order valence-corrected chi connectivity index (χ4v) is 1.38. The van der Waals surface area contributed by atoms with Crippen molar-refractivity contribution in [2.45, 2.75) is 46.5 Å². The maximum Gasteiger partial charge on any atom is 0.324 e. The van der Waals surface area contributed by atoms with Gasteiger partial charge in [-0.05, 0) is 20.3 Å². The number of hydrogen-bond donors (Lipinski definition) is 0. The second-order valence-corrected chi connectivity index (χ2v) is 4.45. The van der Waals surface area contributed by atoms with E-state index in [4.69, 9.17) is 4.74 Å². The van der Waals surface area contributed by atoms with Crippen molar-refractivity contribution >= 4 is 11.8 Å². The summed E-state index contributed by atoms with van der Waals surface area (Å²) in [5.74, 6) is -0.0514. The molecule has 0 N–H and O–H groups in total. The van der Waals surface area contributed by atoms with Crippen LogP contribution >= 0.6 is 0 Å². The molecule has 1 aliphatic rings. The predicted molar refractivity (Wildman–Crippen MR) is 57.1 cm³/mol. The van der Waals surface area contributed by atoms with Crippen LogP contribution in [0.2, 0.25) is 0 Å². The summed E-state index contributed by atoms with van der Waals surface area (Å²) in [6.07, 6.45) is 5.31. The number of unbranched alkanes of at least 4 members (excludes halogenated alkanes) is 2. The molecule has 0 radical (unpaired) electrons. The van der Waals surface area contributed by atoms with Crippen molar-refractivity contribution < 1.29 is 14.3 Å². The van der Waals surface area contributed by atoms with E-state index in [0.717, 1.165) is 19.3 Å². The first kappa shape index (κ1) is 12.0. The number of rotatable bonds is 4. The lowest BCUT2D eigenvalue weighted by Gasteiger charge is -2.25. The van der Waals surface area contributed by atoms with Gasteiger partial charge >= 0.3 is 5.97 Å². The third kappa shape index (κ3) is 2.67. The highest BCUT2D eigenvalue weighted by atomic mass is 16.5. The van der Waals surface area contributed by atoms with Crippen LogP contribution in [0.25, 0.3) is 0 Å². The molecule has 0 fully saturated rings. The van der Waals surface area contributed by atoms with Crippen LogP contribution in [0.4, 0.5) is 0 Å². The highest BCUT2D eigenvalue weighted by Crippen LogP contribution is 2.28. The summed E-state index contributed by atoms with van der Waals surface area (Å²) in [5, 5.41) is 0. The highest BCUT2D eigenvalue weighted by molar-refractivity contribution is 6.10. The molecule has 0 aromatic heterocycles. The quantitative estimate of drug-likeness (QED) is 0.407. The van der Waals surface area contributed by atoms with E-state index in [0.29, 0.717) is 12.2 Å². The molecule has 0 aromatic rings. The molecule has 0 aliphatic carbocycles. The van der Waals surface area contributed by atoms with Gasteiger partial charge in [-0.15, -0.1) is 0 Å². The minimum Gasteiger partial charge on any atom is -0.430 e. The summed E-state index contributed by atoms with van der Waals surface area (Å²) in [6, 6.07) is 0. The molecule has 0 saturated carbocycles. The molecule has 0 spiro atoms. The number of carbonyl (C=O) groups is 2. The maximum atomic E-state index is 11.6. The summed E-state index contributed by atoms with van der Waals surface area (Å²) in [7, 11) is 0. The average molecular weight is 210 g/mol. The number of allylic oxidation sites excluding steroid dienone is 2. The smallest absolute Gasteiger partial charge is 0.324 e. The van der Waals surface area contributed by atoms with Gasteiger partial charge in [0.2, 0.25) is 0 Å². The van der Waals surface area contributed by atoms with Gasteiger partial charge in [-0.3, -0.25) is 9.59 Å². The van der Waals surface area contributed by atoms with Gasteiger partial charge in [0.05, 0.1) is 0 Å². The first-order chi connectivity index (χ1) is 6.98. The van der Waals surface area contributed by atoms with Crippen LogP contribution in [0.15, 0.2) is 11.8 Å². The van der Waals surface area contributed by atoms with Crippen LogP contribution in [0.3, 0.4) is 0 Å². The van der Waals surface area contributed by atoms with Crippen molar-refractivity contribution in [2.24, 2.45) is 5.41 Å². The second-order valence-electron chi connectivity index (χ2n) is 4.45. The normalized spacial score (nSPS) is 19.8. The monoisotopic (exact) mass is 210 g/mol.